The van der Waals surface area contributed by atoms with E-state index >= 15 is 0 Å². The summed E-state index contributed by atoms with van der Waals surface area (Å²) in [5, 5.41) is 3.27. The molecule has 106 valence electrons. The van der Waals surface area contributed by atoms with Gasteiger partial charge in [0.15, 0.2) is 0 Å². The average molecular weight is 261 g/mol. The first-order valence-electron chi connectivity index (χ1n) is 7.37. The van der Waals surface area contributed by atoms with Gasteiger partial charge in [0.1, 0.15) is 0 Å². The predicted octanol–water partition coefficient (Wildman–Crippen LogP) is 2.12. The number of nitrogens with zero attached hydrogens (tertiary/aromatic N) is 2. The Kier molecular flexibility index (Phi) is 5.23. The second-order valence-electron chi connectivity index (χ2n) is 5.66. The summed E-state index contributed by atoms with van der Waals surface area (Å²) >= 11 is 0. The third-order valence-electron chi connectivity index (χ3n) is 4.12. The first-order valence-corrected chi connectivity index (χ1v) is 7.37. The fourth-order valence-electron chi connectivity index (χ4n) is 2.79. The number of nitrogens with one attached hydrogen (secondary N) is 1. The molecule has 1 fully saturated rings. The van der Waals surface area contributed by atoms with Crippen molar-refractivity contribution in [3.63, 3.8) is 0 Å². The zero-order chi connectivity index (χ0) is 13.7. The Labute approximate surface area is 117 Å². The van der Waals surface area contributed by atoms with Crippen molar-refractivity contribution in [1.82, 2.24) is 10.2 Å². The van der Waals surface area contributed by atoms with Gasteiger partial charge in [-0.25, -0.2) is 0 Å². The maximum Gasteiger partial charge on any atom is 0.0366 e. The summed E-state index contributed by atoms with van der Waals surface area (Å²) in [5.74, 6) is 0. The standard InChI is InChI=1S/C16H27N3/c1-14-5-7-15(8-6-14)19-12-4-11-18(3)16(13-19)9-10-17-2/h5-8,16-17H,4,9-13H2,1-3H3. The highest BCUT2D eigenvalue weighted by Crippen LogP contribution is 2.20. The molecule has 0 aliphatic carbocycles. The van der Waals surface area contributed by atoms with Gasteiger partial charge >= 0.3 is 0 Å². The van der Waals surface area contributed by atoms with E-state index in [1.54, 1.807) is 0 Å². The van der Waals surface area contributed by atoms with Gasteiger partial charge in [0.25, 0.3) is 0 Å². The van der Waals surface area contributed by atoms with Crippen LogP contribution in [0.5, 0.6) is 0 Å². The first kappa shape index (κ1) is 14.4. The molecule has 0 aromatic heterocycles. The van der Waals surface area contributed by atoms with E-state index in [1.165, 1.54) is 37.2 Å². The Morgan fingerprint density at radius 3 is 2.63 bits per heavy atom. The Hall–Kier alpha value is -1.06. The fraction of sp³-hybridized carbons (Fsp3) is 0.625. The molecule has 1 saturated heterocycles. The largest absolute Gasteiger partial charge is 0.370 e. The smallest absolute Gasteiger partial charge is 0.0366 e. The van der Waals surface area contributed by atoms with Crippen molar-refractivity contribution < 1.29 is 0 Å². The van der Waals surface area contributed by atoms with Crippen LogP contribution in [0.3, 0.4) is 0 Å². The Morgan fingerprint density at radius 2 is 1.95 bits per heavy atom. The zero-order valence-electron chi connectivity index (χ0n) is 12.5. The van der Waals surface area contributed by atoms with Crippen LogP contribution in [-0.2, 0) is 0 Å². The van der Waals surface area contributed by atoms with Gasteiger partial charge in [-0.3, -0.25) is 0 Å². The minimum Gasteiger partial charge on any atom is -0.370 e. The van der Waals surface area contributed by atoms with Crippen molar-refractivity contribution in [2.24, 2.45) is 0 Å². The Bertz CT molecular complexity index is 374. The number of aryl methyl sites for hydroxylation is 1. The van der Waals surface area contributed by atoms with Crippen LogP contribution in [-0.4, -0.2) is 51.2 Å². The lowest BCUT2D eigenvalue weighted by atomic mass is 10.1. The van der Waals surface area contributed by atoms with E-state index in [4.69, 9.17) is 0 Å². The van der Waals surface area contributed by atoms with Crippen LogP contribution < -0.4 is 10.2 Å². The molecule has 0 spiro atoms. The topological polar surface area (TPSA) is 18.5 Å². The number of anilines is 1. The molecule has 19 heavy (non-hydrogen) atoms. The van der Waals surface area contributed by atoms with E-state index in [9.17, 15) is 0 Å². The van der Waals surface area contributed by atoms with Gasteiger partial charge in [0.2, 0.25) is 0 Å². The normalized spacial score (nSPS) is 21.4. The third kappa shape index (κ3) is 3.95. The van der Waals surface area contributed by atoms with E-state index in [0.717, 1.165) is 13.1 Å². The van der Waals surface area contributed by atoms with Gasteiger partial charge in [0, 0.05) is 24.8 Å². The fourth-order valence-corrected chi connectivity index (χ4v) is 2.79. The van der Waals surface area contributed by atoms with Crippen LogP contribution in [0.1, 0.15) is 18.4 Å². The van der Waals surface area contributed by atoms with Crippen LogP contribution >= 0.6 is 0 Å². The number of benzene rings is 1. The highest BCUT2D eigenvalue weighted by molar-refractivity contribution is 5.47. The van der Waals surface area contributed by atoms with Crippen LogP contribution in [0.15, 0.2) is 24.3 Å². The molecule has 1 N–H and O–H groups in total. The van der Waals surface area contributed by atoms with E-state index in [0.29, 0.717) is 6.04 Å². The molecule has 1 aliphatic rings. The van der Waals surface area contributed by atoms with Gasteiger partial charge in [-0.15, -0.1) is 0 Å². The molecule has 2 rings (SSSR count). The molecule has 0 amide bonds. The molecule has 0 bridgehead atoms. The van der Waals surface area contributed by atoms with Crippen LogP contribution in [0, 0.1) is 6.92 Å². The molecule has 1 aliphatic heterocycles. The molecule has 1 aromatic rings. The second kappa shape index (κ2) is 6.92. The monoisotopic (exact) mass is 261 g/mol. The predicted molar refractivity (Wildman–Crippen MR) is 83.0 cm³/mol. The quantitative estimate of drug-likeness (QED) is 0.895. The molecule has 1 heterocycles. The maximum atomic E-state index is 3.27. The minimum atomic E-state index is 0.649. The molecule has 1 aromatic carbocycles. The van der Waals surface area contributed by atoms with Gasteiger partial charge in [-0.1, -0.05) is 17.7 Å². The molecule has 3 heteroatoms. The molecular formula is C16H27N3. The van der Waals surface area contributed by atoms with Crippen LogP contribution in [0.2, 0.25) is 0 Å². The van der Waals surface area contributed by atoms with Gasteiger partial charge < -0.3 is 15.1 Å². The van der Waals surface area contributed by atoms with Crippen molar-refractivity contribution in [3.05, 3.63) is 29.8 Å². The average Bonchev–Trinajstić information content (AvgIpc) is 2.59. The summed E-state index contributed by atoms with van der Waals surface area (Å²) < 4.78 is 0. The summed E-state index contributed by atoms with van der Waals surface area (Å²) in [4.78, 5) is 5.06. The van der Waals surface area contributed by atoms with Gasteiger partial charge in [-0.2, -0.15) is 0 Å². The Morgan fingerprint density at radius 1 is 1.21 bits per heavy atom. The zero-order valence-corrected chi connectivity index (χ0v) is 12.5. The SMILES string of the molecule is CNCCC1CN(c2ccc(C)cc2)CCCN1C. The highest BCUT2D eigenvalue weighted by Gasteiger charge is 2.21. The summed E-state index contributed by atoms with van der Waals surface area (Å²) in [6, 6.07) is 9.60. The van der Waals surface area contributed by atoms with Gasteiger partial charge in [-0.05, 0) is 59.1 Å². The number of rotatable bonds is 4. The minimum absolute atomic E-state index is 0.649. The number of hydrogen-bond acceptors (Lipinski definition) is 3. The van der Waals surface area contributed by atoms with Crippen molar-refractivity contribution >= 4 is 5.69 Å². The van der Waals surface area contributed by atoms with Crippen molar-refractivity contribution in [2.45, 2.75) is 25.8 Å². The van der Waals surface area contributed by atoms with Crippen LogP contribution in [0.4, 0.5) is 5.69 Å². The van der Waals surface area contributed by atoms with E-state index in [2.05, 4.69) is 53.4 Å². The molecular weight excluding hydrogens is 234 g/mol. The molecule has 0 saturated carbocycles. The lowest BCUT2D eigenvalue weighted by Crippen LogP contribution is -2.40. The Balaban J connectivity index is 2.05. The second-order valence-corrected chi connectivity index (χ2v) is 5.66. The van der Waals surface area contributed by atoms with Crippen molar-refractivity contribution in [3.8, 4) is 0 Å². The lowest BCUT2D eigenvalue weighted by molar-refractivity contribution is 0.248. The molecule has 3 nitrogen and oxygen atoms in total. The number of likely N-dealkylation sites (N-methyl/N-ethyl adjacent to an activating group) is 1. The van der Waals surface area contributed by atoms with E-state index in [1.807, 2.05) is 7.05 Å². The molecule has 0 radical (unpaired) electrons. The molecule has 1 atom stereocenters. The van der Waals surface area contributed by atoms with E-state index < -0.39 is 0 Å². The first-order chi connectivity index (χ1) is 9.20. The van der Waals surface area contributed by atoms with Gasteiger partial charge in [0.05, 0.1) is 0 Å². The van der Waals surface area contributed by atoms with Crippen molar-refractivity contribution in [2.75, 3.05) is 45.2 Å². The summed E-state index contributed by atoms with van der Waals surface area (Å²) in [5.41, 5.74) is 2.71. The summed E-state index contributed by atoms with van der Waals surface area (Å²) in [6.45, 7) is 6.76. The maximum absolute atomic E-state index is 3.27. The lowest BCUT2D eigenvalue weighted by Gasteiger charge is -2.30. The number of hydrogen-bond donors (Lipinski definition) is 1. The van der Waals surface area contributed by atoms with Crippen molar-refractivity contribution in [1.29, 1.82) is 0 Å². The highest BCUT2D eigenvalue weighted by atomic mass is 15.2. The van der Waals surface area contributed by atoms with E-state index in [-0.39, 0.29) is 0 Å². The molecule has 1 unspecified atom stereocenters. The van der Waals surface area contributed by atoms with Crippen LogP contribution in [0.25, 0.3) is 0 Å². The summed E-state index contributed by atoms with van der Waals surface area (Å²) in [7, 11) is 4.30. The summed E-state index contributed by atoms with van der Waals surface area (Å²) in [6.07, 6.45) is 2.47. The third-order valence-corrected chi connectivity index (χ3v) is 4.12.